The Balaban J connectivity index is 1.87. The van der Waals surface area contributed by atoms with Crippen molar-refractivity contribution in [3.8, 4) is 5.95 Å². The normalized spacial score (nSPS) is 10.6. The monoisotopic (exact) mass is 327 g/mol. The molecule has 0 spiro atoms. The molecule has 0 saturated carbocycles. The number of carbonyl (C=O) groups is 1. The first kappa shape index (κ1) is 15.7. The lowest BCUT2D eigenvalue weighted by Crippen LogP contribution is -2.32. The first-order chi connectivity index (χ1) is 9.99. The molecule has 6 nitrogen and oxygen atoms in total. The highest BCUT2D eigenvalue weighted by atomic mass is 35.5. The molecule has 8 heteroatoms. The summed E-state index contributed by atoms with van der Waals surface area (Å²) >= 11 is 7.23. The van der Waals surface area contributed by atoms with Crippen LogP contribution in [0, 0.1) is 6.92 Å². The summed E-state index contributed by atoms with van der Waals surface area (Å²) in [7, 11) is 1.61. The van der Waals surface area contributed by atoms with E-state index in [1.807, 2.05) is 6.92 Å². The molecule has 0 atom stereocenters. The SMILES string of the molecule is Cc1c(Cl)cccc1NC(=O)CCSc1c([O-])on[n+]1C. The fourth-order valence-corrected chi connectivity index (χ4v) is 2.69. The third-order valence-electron chi connectivity index (χ3n) is 2.82. The van der Waals surface area contributed by atoms with Gasteiger partial charge in [-0.15, -0.1) is 0 Å². The van der Waals surface area contributed by atoms with Crippen LogP contribution in [0.3, 0.4) is 0 Å². The number of benzene rings is 1. The van der Waals surface area contributed by atoms with Gasteiger partial charge in [-0.1, -0.05) is 34.1 Å². The number of hydrogen-bond donors (Lipinski definition) is 1. The van der Waals surface area contributed by atoms with Crippen LogP contribution >= 0.6 is 23.4 Å². The number of nitrogens with one attached hydrogen (secondary N) is 1. The van der Waals surface area contributed by atoms with Crippen LogP contribution in [0.25, 0.3) is 0 Å². The van der Waals surface area contributed by atoms with Crippen molar-refractivity contribution < 1.29 is 19.1 Å². The highest BCUT2D eigenvalue weighted by molar-refractivity contribution is 7.99. The minimum Gasteiger partial charge on any atom is -0.538 e. The molecule has 1 aromatic carbocycles. The summed E-state index contributed by atoms with van der Waals surface area (Å²) in [5.41, 5.74) is 1.52. The zero-order valence-electron chi connectivity index (χ0n) is 11.6. The van der Waals surface area contributed by atoms with Crippen LogP contribution in [-0.4, -0.2) is 16.9 Å². The lowest BCUT2D eigenvalue weighted by Gasteiger charge is -2.08. The van der Waals surface area contributed by atoms with Gasteiger partial charge in [-0.3, -0.25) is 4.79 Å². The van der Waals surface area contributed by atoms with Crippen molar-refractivity contribution in [2.45, 2.75) is 18.4 Å². The summed E-state index contributed by atoms with van der Waals surface area (Å²) < 4.78 is 5.85. The molecule has 1 aromatic heterocycles. The van der Waals surface area contributed by atoms with Crippen molar-refractivity contribution in [3.05, 3.63) is 28.8 Å². The number of thioether (sulfide) groups is 1. The predicted octanol–water partition coefficient (Wildman–Crippen LogP) is 1.66. The van der Waals surface area contributed by atoms with Gasteiger partial charge in [0.1, 0.15) is 0 Å². The molecule has 1 N–H and O–H groups in total. The summed E-state index contributed by atoms with van der Waals surface area (Å²) in [5.74, 6) is -0.177. The van der Waals surface area contributed by atoms with Crippen molar-refractivity contribution in [1.82, 2.24) is 5.27 Å². The number of hydrogen-bond acceptors (Lipinski definition) is 5. The van der Waals surface area contributed by atoms with E-state index < -0.39 is 5.95 Å². The Labute approximate surface area is 131 Å². The van der Waals surface area contributed by atoms with Crippen molar-refractivity contribution >= 4 is 35.0 Å². The fourth-order valence-electron chi connectivity index (χ4n) is 1.65. The Hall–Kier alpha value is -1.73. The molecule has 0 saturated heterocycles. The predicted molar refractivity (Wildman–Crippen MR) is 77.3 cm³/mol. The molecule has 1 heterocycles. The second-order valence-corrected chi connectivity index (χ2v) is 5.84. The molecule has 112 valence electrons. The van der Waals surface area contributed by atoms with Crippen molar-refractivity contribution in [2.75, 3.05) is 11.1 Å². The average Bonchev–Trinajstić information content (AvgIpc) is 2.75. The van der Waals surface area contributed by atoms with Gasteiger partial charge in [0, 0.05) is 22.9 Å². The minimum absolute atomic E-state index is 0.139. The van der Waals surface area contributed by atoms with E-state index in [9.17, 15) is 9.90 Å². The standard InChI is InChI=1S/C13H14ClN3O3S/c1-8-9(14)4-3-5-10(8)15-11(18)6-7-21-12-13(19)20-16-17(12)2/h3-5H,6-7H2,1-2H3,(H-,15,16,18,19). The van der Waals surface area contributed by atoms with Crippen LogP contribution in [-0.2, 0) is 11.8 Å². The van der Waals surface area contributed by atoms with E-state index in [0.717, 1.165) is 5.56 Å². The molecule has 0 fully saturated rings. The van der Waals surface area contributed by atoms with Gasteiger partial charge in [0.15, 0.2) is 13.0 Å². The Morgan fingerprint density at radius 1 is 1.57 bits per heavy atom. The Kier molecular flexibility index (Phi) is 5.08. The molecular formula is C13H14ClN3O3S. The highest BCUT2D eigenvalue weighted by Gasteiger charge is 2.14. The van der Waals surface area contributed by atoms with E-state index in [1.54, 1.807) is 25.2 Å². The molecular weight excluding hydrogens is 314 g/mol. The number of halogens is 1. The molecule has 0 radical (unpaired) electrons. The number of nitrogens with zero attached hydrogens (tertiary/aromatic N) is 2. The number of anilines is 1. The molecule has 0 aliphatic rings. The number of aromatic nitrogens is 2. The van der Waals surface area contributed by atoms with E-state index in [-0.39, 0.29) is 12.3 Å². The topological polar surface area (TPSA) is 82.1 Å². The van der Waals surface area contributed by atoms with Gasteiger partial charge in [0.25, 0.3) is 5.03 Å². The molecule has 1 amide bonds. The highest BCUT2D eigenvalue weighted by Crippen LogP contribution is 2.24. The summed E-state index contributed by atoms with van der Waals surface area (Å²) in [6.45, 7) is 1.84. The molecule has 0 bridgehead atoms. The van der Waals surface area contributed by atoms with Crippen LogP contribution in [0.2, 0.25) is 5.02 Å². The van der Waals surface area contributed by atoms with E-state index in [1.165, 1.54) is 16.4 Å². The largest absolute Gasteiger partial charge is 0.538 e. The quantitative estimate of drug-likeness (QED) is 0.667. The van der Waals surface area contributed by atoms with Gasteiger partial charge < -0.3 is 14.9 Å². The van der Waals surface area contributed by atoms with Gasteiger partial charge in [-0.05, 0) is 24.6 Å². The second-order valence-electron chi connectivity index (χ2n) is 4.35. The number of amides is 1. The molecule has 0 aliphatic carbocycles. The van der Waals surface area contributed by atoms with Crippen LogP contribution in [0.5, 0.6) is 5.95 Å². The Morgan fingerprint density at radius 3 is 3.00 bits per heavy atom. The summed E-state index contributed by atoms with van der Waals surface area (Å²) in [6, 6.07) is 5.34. The van der Waals surface area contributed by atoms with Gasteiger partial charge in [-0.25, -0.2) is 0 Å². The van der Waals surface area contributed by atoms with Crippen LogP contribution in [0.1, 0.15) is 12.0 Å². The maximum absolute atomic E-state index is 11.9. The molecule has 0 aliphatic heterocycles. The van der Waals surface area contributed by atoms with E-state index in [0.29, 0.717) is 21.5 Å². The molecule has 21 heavy (non-hydrogen) atoms. The van der Waals surface area contributed by atoms with Gasteiger partial charge in [-0.2, -0.15) is 0 Å². The maximum atomic E-state index is 11.9. The first-order valence-electron chi connectivity index (χ1n) is 6.20. The third-order valence-corrected chi connectivity index (χ3v) is 4.35. The summed E-state index contributed by atoms with van der Waals surface area (Å²) in [6.07, 6.45) is 0.265. The summed E-state index contributed by atoms with van der Waals surface area (Å²) in [4.78, 5) is 11.9. The first-order valence-corrected chi connectivity index (χ1v) is 7.56. The maximum Gasteiger partial charge on any atom is 0.290 e. The lowest BCUT2D eigenvalue weighted by atomic mass is 10.2. The van der Waals surface area contributed by atoms with Gasteiger partial charge in [0.05, 0.1) is 5.27 Å². The third kappa shape index (κ3) is 3.89. The summed E-state index contributed by atoms with van der Waals surface area (Å²) in [5, 5.41) is 18.6. The van der Waals surface area contributed by atoms with Crippen LogP contribution < -0.4 is 15.1 Å². The Morgan fingerprint density at radius 2 is 2.33 bits per heavy atom. The van der Waals surface area contributed by atoms with Gasteiger partial charge in [0.2, 0.25) is 5.91 Å². The zero-order valence-corrected chi connectivity index (χ0v) is 13.1. The van der Waals surface area contributed by atoms with E-state index in [2.05, 4.69) is 15.1 Å². The minimum atomic E-state index is -0.492. The van der Waals surface area contributed by atoms with E-state index in [4.69, 9.17) is 11.6 Å². The number of rotatable bonds is 5. The lowest BCUT2D eigenvalue weighted by molar-refractivity contribution is -0.772. The number of aryl methyl sites for hydroxylation is 1. The number of carbonyl (C=O) groups excluding carboxylic acids is 1. The zero-order chi connectivity index (χ0) is 15.4. The van der Waals surface area contributed by atoms with Crippen molar-refractivity contribution in [3.63, 3.8) is 0 Å². The second kappa shape index (κ2) is 6.82. The van der Waals surface area contributed by atoms with E-state index >= 15 is 0 Å². The molecule has 2 rings (SSSR count). The molecule has 0 unspecified atom stereocenters. The average molecular weight is 328 g/mol. The smallest absolute Gasteiger partial charge is 0.290 e. The van der Waals surface area contributed by atoms with Crippen molar-refractivity contribution in [2.24, 2.45) is 7.05 Å². The van der Waals surface area contributed by atoms with Crippen LogP contribution in [0.15, 0.2) is 27.7 Å². The van der Waals surface area contributed by atoms with Crippen LogP contribution in [0.4, 0.5) is 5.69 Å². The van der Waals surface area contributed by atoms with Gasteiger partial charge >= 0.3 is 0 Å². The van der Waals surface area contributed by atoms with Crippen molar-refractivity contribution in [1.29, 1.82) is 0 Å². The molecule has 2 aromatic rings. The fraction of sp³-hybridized carbons (Fsp3) is 0.308. The Bertz CT molecular complexity index is 641.